The lowest BCUT2D eigenvalue weighted by Crippen LogP contribution is -2.76. The maximum atomic E-state index is 12.1. The van der Waals surface area contributed by atoms with Crippen molar-refractivity contribution in [3.05, 3.63) is 0 Å². The third-order valence-electron chi connectivity index (χ3n) is 5.80. The molecule has 1 amide bonds. The molecule has 0 aromatic carbocycles. The van der Waals surface area contributed by atoms with Gasteiger partial charge in [-0.3, -0.25) is 4.79 Å². The van der Waals surface area contributed by atoms with Gasteiger partial charge in [0.05, 0.1) is 36.4 Å². The van der Waals surface area contributed by atoms with Gasteiger partial charge in [-0.15, -0.1) is 0 Å². The first-order chi connectivity index (χ1) is 12.7. The zero-order chi connectivity index (χ0) is 19.9. The smallest absolute Gasteiger partial charge is 0.239 e. The van der Waals surface area contributed by atoms with E-state index in [9.17, 15) is 15.0 Å². The van der Waals surface area contributed by atoms with Gasteiger partial charge in [-0.2, -0.15) is 0 Å². The lowest BCUT2D eigenvalue weighted by molar-refractivity contribution is -0.442. The molecule has 2 saturated heterocycles. The molecule has 10 heteroatoms. The van der Waals surface area contributed by atoms with Gasteiger partial charge in [-0.1, -0.05) is 0 Å². The Balaban J connectivity index is 1.86. The van der Waals surface area contributed by atoms with Gasteiger partial charge in [0.15, 0.2) is 0 Å². The number of nitrogens with two attached hydrogens (primary N) is 1. The van der Waals surface area contributed by atoms with Crippen molar-refractivity contribution in [1.82, 2.24) is 16.0 Å². The van der Waals surface area contributed by atoms with E-state index >= 15 is 0 Å². The molecule has 10 unspecified atom stereocenters. The van der Waals surface area contributed by atoms with E-state index < -0.39 is 48.3 Å². The Morgan fingerprint density at radius 3 is 2.56 bits per heavy atom. The summed E-state index contributed by atoms with van der Waals surface area (Å²) in [5.74, 6) is -2.27. The average Bonchev–Trinajstić information content (AvgIpc) is 2.61. The van der Waals surface area contributed by atoms with Gasteiger partial charge in [0.2, 0.25) is 18.0 Å². The van der Waals surface area contributed by atoms with Gasteiger partial charge < -0.3 is 46.1 Å². The summed E-state index contributed by atoms with van der Waals surface area (Å²) < 4.78 is 18.0. The number of carbonyl (C=O) groups is 1. The molecule has 2 heterocycles. The predicted molar refractivity (Wildman–Crippen MR) is 95.5 cm³/mol. The number of aliphatic hydroxyl groups is 2. The highest BCUT2D eigenvalue weighted by molar-refractivity contribution is 5.81. The predicted octanol–water partition coefficient (Wildman–Crippen LogP) is -2.63. The van der Waals surface area contributed by atoms with E-state index in [1.807, 2.05) is 6.92 Å². The maximum absolute atomic E-state index is 12.1. The number of aliphatic hydroxyl groups excluding tert-OH is 1. The van der Waals surface area contributed by atoms with E-state index in [1.54, 1.807) is 21.0 Å². The molecule has 10 atom stereocenters. The summed E-state index contributed by atoms with van der Waals surface area (Å²) in [6.07, 6.45) is -2.18. The second kappa shape index (κ2) is 7.88. The van der Waals surface area contributed by atoms with Crippen LogP contribution in [0.3, 0.4) is 0 Å². The van der Waals surface area contributed by atoms with Crippen LogP contribution < -0.4 is 21.7 Å². The largest absolute Gasteiger partial charge is 0.390 e. The molecule has 1 aliphatic carbocycles. The molecule has 10 nitrogen and oxygen atoms in total. The third-order valence-corrected chi connectivity index (χ3v) is 5.80. The Hall–Kier alpha value is -0.850. The van der Waals surface area contributed by atoms with Crippen LogP contribution in [-0.2, 0) is 19.0 Å². The minimum atomic E-state index is -1.88. The van der Waals surface area contributed by atoms with Crippen molar-refractivity contribution in [2.24, 2.45) is 5.73 Å². The van der Waals surface area contributed by atoms with Crippen LogP contribution in [0.5, 0.6) is 0 Å². The minimum Gasteiger partial charge on any atom is -0.390 e. The highest BCUT2D eigenvalue weighted by Gasteiger charge is 2.61. The van der Waals surface area contributed by atoms with Crippen molar-refractivity contribution >= 4 is 5.91 Å². The number of fused-ring (bicyclic) bond motifs is 2. The molecule has 0 spiro atoms. The normalized spacial score (nSPS) is 48.3. The Morgan fingerprint density at radius 1 is 1.26 bits per heavy atom. The molecule has 0 bridgehead atoms. The fourth-order valence-electron chi connectivity index (χ4n) is 4.24. The van der Waals surface area contributed by atoms with Gasteiger partial charge in [0.25, 0.3) is 0 Å². The number of hydrogen-bond acceptors (Lipinski definition) is 9. The average molecular weight is 388 g/mol. The Bertz CT molecular complexity index is 552. The fraction of sp³-hybridized carbons (Fsp3) is 0.941. The number of amides is 1. The standard InChI is InChI=1S/C17H32N4O6/c1-7-5-11(21-15(23)8(2)18)17(24)16(25-7)26-10-6-9(19-3)13(22)12(20-4)14(10)27-17/h7-14,16,19-20,22,24H,5-6,18H2,1-4H3,(H,21,23). The van der Waals surface area contributed by atoms with Gasteiger partial charge in [0, 0.05) is 6.04 Å². The summed E-state index contributed by atoms with van der Waals surface area (Å²) in [6, 6.07) is -2.12. The van der Waals surface area contributed by atoms with E-state index in [2.05, 4.69) is 16.0 Å². The zero-order valence-electron chi connectivity index (χ0n) is 16.2. The van der Waals surface area contributed by atoms with Crippen LogP contribution in [0.2, 0.25) is 0 Å². The van der Waals surface area contributed by atoms with Crippen molar-refractivity contribution in [1.29, 1.82) is 0 Å². The summed E-state index contributed by atoms with van der Waals surface area (Å²) in [5, 5.41) is 30.8. The van der Waals surface area contributed by atoms with Crippen LogP contribution in [0.15, 0.2) is 0 Å². The molecule has 3 aliphatic rings. The minimum absolute atomic E-state index is 0.187. The van der Waals surface area contributed by atoms with Gasteiger partial charge >= 0.3 is 0 Å². The molecule has 3 fully saturated rings. The highest BCUT2D eigenvalue weighted by atomic mass is 16.8. The van der Waals surface area contributed by atoms with Crippen molar-refractivity contribution in [2.75, 3.05) is 14.1 Å². The number of carbonyl (C=O) groups excluding carboxylic acids is 1. The first-order valence-corrected chi connectivity index (χ1v) is 9.50. The molecular weight excluding hydrogens is 356 g/mol. The van der Waals surface area contributed by atoms with Crippen LogP contribution in [0.25, 0.3) is 0 Å². The van der Waals surface area contributed by atoms with E-state index in [4.69, 9.17) is 19.9 Å². The van der Waals surface area contributed by atoms with Crippen molar-refractivity contribution in [3.63, 3.8) is 0 Å². The number of nitrogens with one attached hydrogen (secondary N) is 3. The van der Waals surface area contributed by atoms with E-state index in [-0.39, 0.29) is 18.2 Å². The summed E-state index contributed by atoms with van der Waals surface area (Å²) >= 11 is 0. The third kappa shape index (κ3) is 3.73. The molecule has 2 aliphatic heterocycles. The molecular formula is C17H32N4O6. The topological polar surface area (TPSA) is 147 Å². The van der Waals surface area contributed by atoms with Crippen molar-refractivity contribution < 1.29 is 29.2 Å². The lowest BCUT2D eigenvalue weighted by Gasteiger charge is -2.56. The summed E-state index contributed by atoms with van der Waals surface area (Å²) in [7, 11) is 3.50. The van der Waals surface area contributed by atoms with Crippen molar-refractivity contribution in [3.8, 4) is 0 Å². The number of ether oxygens (including phenoxy) is 3. The molecule has 27 heavy (non-hydrogen) atoms. The molecule has 0 aromatic heterocycles. The van der Waals surface area contributed by atoms with Gasteiger partial charge in [0.1, 0.15) is 6.10 Å². The Kier molecular flexibility index (Phi) is 6.09. The maximum Gasteiger partial charge on any atom is 0.239 e. The molecule has 0 radical (unpaired) electrons. The van der Waals surface area contributed by atoms with Gasteiger partial charge in [-0.05, 0) is 40.8 Å². The molecule has 156 valence electrons. The zero-order valence-corrected chi connectivity index (χ0v) is 16.2. The fourth-order valence-corrected chi connectivity index (χ4v) is 4.24. The summed E-state index contributed by atoms with van der Waals surface area (Å²) in [4.78, 5) is 12.1. The number of likely N-dealkylation sites (N-methyl/N-ethyl adjacent to an activating group) is 2. The van der Waals surface area contributed by atoms with Crippen LogP contribution >= 0.6 is 0 Å². The van der Waals surface area contributed by atoms with E-state index in [0.717, 1.165) is 0 Å². The number of rotatable bonds is 4. The molecule has 1 saturated carbocycles. The Morgan fingerprint density at radius 2 is 1.96 bits per heavy atom. The highest BCUT2D eigenvalue weighted by Crippen LogP contribution is 2.41. The second-order valence-corrected chi connectivity index (χ2v) is 7.81. The second-order valence-electron chi connectivity index (χ2n) is 7.81. The first kappa shape index (κ1) is 20.9. The van der Waals surface area contributed by atoms with Crippen molar-refractivity contribution in [2.45, 2.75) is 87.3 Å². The molecule has 0 aromatic rings. The van der Waals surface area contributed by atoms with E-state index in [0.29, 0.717) is 12.8 Å². The SMILES string of the molecule is CNC1CC2OC3OC(C)CC(NC(=O)C(C)N)C3(O)OC2C(NC)C1O. The Labute approximate surface area is 159 Å². The van der Waals surface area contributed by atoms with Crippen LogP contribution in [0.4, 0.5) is 0 Å². The van der Waals surface area contributed by atoms with Crippen LogP contribution in [0, 0.1) is 0 Å². The van der Waals surface area contributed by atoms with Crippen LogP contribution in [0.1, 0.15) is 26.7 Å². The molecule has 7 N–H and O–H groups in total. The first-order valence-electron chi connectivity index (χ1n) is 9.50. The van der Waals surface area contributed by atoms with Crippen LogP contribution in [-0.4, -0.2) is 90.9 Å². The summed E-state index contributed by atoms with van der Waals surface area (Å²) in [6.45, 7) is 3.41. The monoisotopic (exact) mass is 388 g/mol. The lowest BCUT2D eigenvalue weighted by atomic mass is 9.81. The van der Waals surface area contributed by atoms with E-state index in [1.165, 1.54) is 0 Å². The van der Waals surface area contributed by atoms with Gasteiger partial charge in [-0.25, -0.2) is 0 Å². The quantitative estimate of drug-likeness (QED) is 0.304. The molecule has 3 rings (SSSR count). The number of hydrogen-bond donors (Lipinski definition) is 6. The summed E-state index contributed by atoms with van der Waals surface area (Å²) in [5.41, 5.74) is 5.65.